The fourth-order valence-electron chi connectivity index (χ4n) is 6.22. The molecule has 0 amide bonds. The molecule has 0 saturated heterocycles. The number of nitrogens with zero attached hydrogens (tertiary/aromatic N) is 1. The third kappa shape index (κ3) is 13.3. The minimum atomic E-state index is -0.00578. The first kappa shape index (κ1) is 37.9. The second kappa shape index (κ2) is 22.3. The summed E-state index contributed by atoms with van der Waals surface area (Å²) in [4.78, 5) is 0. The predicted molar refractivity (Wildman–Crippen MR) is 188 cm³/mol. The smallest absolute Gasteiger partial charge is 0.640 e. The molecule has 43 heavy (non-hydrogen) atoms. The van der Waals surface area contributed by atoms with Crippen LogP contribution in [0.5, 0.6) is 0 Å². The molecule has 4 heteroatoms. The summed E-state index contributed by atoms with van der Waals surface area (Å²) in [6.45, 7) is 13.1. The van der Waals surface area contributed by atoms with Crippen LogP contribution in [-0.4, -0.2) is 17.6 Å². The normalized spacial score (nSPS) is 16.9. The Morgan fingerprint density at radius 3 is 1.58 bits per heavy atom. The molecule has 0 radical (unpaired) electrons. The van der Waals surface area contributed by atoms with Crippen LogP contribution in [0.4, 0.5) is 0 Å². The van der Waals surface area contributed by atoms with Crippen LogP contribution in [0.3, 0.4) is 0 Å². The zero-order valence-electron chi connectivity index (χ0n) is 27.6. The summed E-state index contributed by atoms with van der Waals surface area (Å²) >= 11 is 0. The third-order valence-electron chi connectivity index (χ3n) is 8.60. The zero-order valence-corrected chi connectivity index (χ0v) is 30.5. The van der Waals surface area contributed by atoms with Gasteiger partial charge in [0.25, 0.3) is 0 Å². The summed E-state index contributed by atoms with van der Waals surface area (Å²) < 4.78 is 0. The zero-order chi connectivity index (χ0) is 30.0. The SMILES string of the molecule is C=C(C)c1ccccc1.CC(N[C@H]([N-]CP(C1CCCCC1)C1CCCCC1)c1ccccc1)c1ccccc1.[CH2-]C.[Na+]. The van der Waals surface area contributed by atoms with Crippen molar-refractivity contribution in [3.63, 3.8) is 0 Å². The Bertz CT molecular complexity index is 1080. The van der Waals surface area contributed by atoms with E-state index in [1.165, 1.54) is 80.9 Å². The Hall–Kier alpha value is -1.25. The van der Waals surface area contributed by atoms with Gasteiger partial charge in [0, 0.05) is 6.04 Å². The van der Waals surface area contributed by atoms with E-state index in [1.54, 1.807) is 6.92 Å². The monoisotopic (exact) mass is 605 g/mol. The van der Waals surface area contributed by atoms with E-state index >= 15 is 0 Å². The van der Waals surface area contributed by atoms with Crippen LogP contribution < -0.4 is 34.9 Å². The van der Waals surface area contributed by atoms with Crippen LogP contribution >= 0.6 is 7.92 Å². The number of benzene rings is 3. The molecule has 1 unspecified atom stereocenters. The van der Waals surface area contributed by atoms with Crippen LogP contribution in [0, 0.1) is 6.92 Å². The molecule has 0 aromatic heterocycles. The van der Waals surface area contributed by atoms with Crippen molar-refractivity contribution in [1.82, 2.24) is 5.32 Å². The first-order chi connectivity index (χ1) is 20.6. The number of allylic oxidation sites excluding steroid dienone is 1. The molecule has 0 spiro atoms. The van der Waals surface area contributed by atoms with Gasteiger partial charge >= 0.3 is 29.6 Å². The molecule has 2 nitrogen and oxygen atoms in total. The van der Waals surface area contributed by atoms with E-state index in [1.807, 2.05) is 25.1 Å². The number of rotatable bonds is 10. The van der Waals surface area contributed by atoms with E-state index in [2.05, 4.69) is 98.5 Å². The Morgan fingerprint density at radius 1 is 0.744 bits per heavy atom. The van der Waals surface area contributed by atoms with Gasteiger partial charge in [0.15, 0.2) is 0 Å². The topological polar surface area (TPSA) is 26.1 Å². The summed E-state index contributed by atoms with van der Waals surface area (Å²) in [5, 5.41) is 9.28. The number of hydrogen-bond donors (Lipinski definition) is 1. The number of nitrogens with one attached hydrogen (secondary N) is 1. The largest absolute Gasteiger partial charge is 1.00 e. The maximum Gasteiger partial charge on any atom is 1.00 e. The second-order valence-electron chi connectivity index (χ2n) is 11.7. The summed E-state index contributed by atoms with van der Waals surface area (Å²) in [7, 11) is -0.00578. The van der Waals surface area contributed by atoms with Crippen molar-refractivity contribution in [2.75, 3.05) is 6.29 Å². The first-order valence-corrected chi connectivity index (χ1v) is 18.0. The van der Waals surface area contributed by atoms with Crippen LogP contribution in [-0.2, 0) is 0 Å². The first-order valence-electron chi connectivity index (χ1n) is 16.3. The maximum atomic E-state index is 5.43. The van der Waals surface area contributed by atoms with Crippen molar-refractivity contribution in [2.45, 2.75) is 109 Å². The van der Waals surface area contributed by atoms with Crippen molar-refractivity contribution < 1.29 is 29.6 Å². The van der Waals surface area contributed by atoms with E-state index in [0.717, 1.165) is 23.2 Å². The van der Waals surface area contributed by atoms with Gasteiger partial charge < -0.3 is 17.6 Å². The molecule has 3 aromatic carbocycles. The van der Waals surface area contributed by atoms with Crippen molar-refractivity contribution in [2.24, 2.45) is 0 Å². The third-order valence-corrected chi connectivity index (χ3v) is 12.0. The van der Waals surface area contributed by atoms with Crippen LogP contribution in [0.15, 0.2) is 97.6 Å². The van der Waals surface area contributed by atoms with E-state index in [9.17, 15) is 0 Å². The summed E-state index contributed by atoms with van der Waals surface area (Å²) in [6.07, 6.45) is 15.7. The fraction of sp³-hybridized carbons (Fsp3) is 0.462. The van der Waals surface area contributed by atoms with Gasteiger partial charge in [-0.05, 0) is 62.0 Å². The average molecular weight is 606 g/mol. The molecule has 0 bridgehead atoms. The van der Waals surface area contributed by atoms with E-state index in [4.69, 9.17) is 5.32 Å². The molecular formula is C39H55N2NaP-. The summed E-state index contributed by atoms with van der Waals surface area (Å²) in [5.74, 6) is 0. The van der Waals surface area contributed by atoms with Crippen molar-refractivity contribution in [1.29, 1.82) is 0 Å². The molecule has 2 aliphatic carbocycles. The average Bonchev–Trinajstić information content (AvgIpc) is 3.07. The van der Waals surface area contributed by atoms with Crippen molar-refractivity contribution in [3.8, 4) is 0 Å². The van der Waals surface area contributed by atoms with E-state index in [0.29, 0.717) is 0 Å². The van der Waals surface area contributed by atoms with Crippen LogP contribution in [0.2, 0.25) is 0 Å². The fourth-order valence-corrected chi connectivity index (χ4v) is 9.68. The van der Waals surface area contributed by atoms with Crippen LogP contribution in [0.25, 0.3) is 10.9 Å². The molecule has 3 aromatic rings. The van der Waals surface area contributed by atoms with E-state index < -0.39 is 0 Å². The van der Waals surface area contributed by atoms with Gasteiger partial charge in [0.05, 0.1) is 0 Å². The van der Waals surface area contributed by atoms with Crippen LogP contribution in [0.1, 0.15) is 114 Å². The molecule has 2 fully saturated rings. The molecule has 0 aliphatic heterocycles. The van der Waals surface area contributed by atoms with Crippen molar-refractivity contribution >= 4 is 13.5 Å². The Kier molecular flexibility index (Phi) is 19.7. The molecule has 5 rings (SSSR count). The minimum Gasteiger partial charge on any atom is -0.640 e. The molecule has 228 valence electrons. The standard InChI is InChI=1S/C28H40N2P.C9H10.C2H5.Na/c1-23(24-14-6-2-7-15-24)30-28(25-16-8-3-9-17-25)29-22-31(26-18-10-4-11-19-26)27-20-12-5-13-21-27;1-8(2)9-6-4-3-5-7-9;1-2;/h2-3,6-9,14-17,23,26-28,30H,4-5,10-13,18-22H2,1H3;3-7H,1H2,2H3;1H2,2H3;/q-1;;-1;+1/t23?,28-;;;/m0.../s1. The molecule has 2 atom stereocenters. The number of hydrogen-bond acceptors (Lipinski definition) is 1. The molecule has 2 saturated carbocycles. The second-order valence-corrected chi connectivity index (χ2v) is 14.5. The van der Waals surface area contributed by atoms with E-state index in [-0.39, 0.29) is 49.7 Å². The Labute approximate surface area is 288 Å². The van der Waals surface area contributed by atoms with Crippen molar-refractivity contribution in [3.05, 3.63) is 127 Å². The Balaban J connectivity index is 0.000000458. The van der Waals surface area contributed by atoms with Gasteiger partial charge in [-0.15, -0.1) is 14.2 Å². The summed E-state index contributed by atoms with van der Waals surface area (Å²) in [5.41, 5.74) is 6.89. The minimum absolute atomic E-state index is 0. The summed E-state index contributed by atoms with van der Waals surface area (Å²) in [6, 6.07) is 32.1. The molecular weight excluding hydrogens is 550 g/mol. The van der Waals surface area contributed by atoms with Gasteiger partial charge in [-0.25, -0.2) is 0 Å². The van der Waals surface area contributed by atoms with Gasteiger partial charge in [-0.1, -0.05) is 153 Å². The molecule has 0 heterocycles. The predicted octanol–water partition coefficient (Wildman–Crippen LogP) is 9.08. The molecule has 1 N–H and O–H groups in total. The Morgan fingerprint density at radius 2 is 1.16 bits per heavy atom. The maximum absolute atomic E-state index is 5.43. The van der Waals surface area contributed by atoms with Gasteiger partial charge in [0.2, 0.25) is 0 Å². The van der Waals surface area contributed by atoms with Gasteiger partial charge in [-0.2, -0.15) is 6.92 Å². The quantitative estimate of drug-likeness (QED) is 0.139. The molecule has 2 aliphatic rings. The van der Waals surface area contributed by atoms with Gasteiger partial charge in [-0.3, -0.25) is 0 Å². The van der Waals surface area contributed by atoms with Gasteiger partial charge in [0.1, 0.15) is 0 Å².